The lowest BCUT2D eigenvalue weighted by atomic mass is 9.96. The van der Waals surface area contributed by atoms with Gasteiger partial charge in [-0.1, -0.05) is 140 Å². The first kappa shape index (κ1) is 32.4. The number of anilines is 3. The van der Waals surface area contributed by atoms with E-state index in [1.54, 1.807) is 0 Å². The van der Waals surface area contributed by atoms with Gasteiger partial charge in [-0.2, -0.15) is 0 Å². The van der Waals surface area contributed by atoms with Crippen molar-refractivity contribution in [1.82, 2.24) is 4.57 Å². The number of benzene rings is 9. The van der Waals surface area contributed by atoms with Crippen LogP contribution in [0, 0.1) is 0 Å². The molecular formula is C54H34N2O2. The van der Waals surface area contributed by atoms with Gasteiger partial charge in [0.25, 0.3) is 0 Å². The van der Waals surface area contributed by atoms with Crippen LogP contribution in [0.4, 0.5) is 17.1 Å². The molecular weight excluding hydrogens is 709 g/mol. The van der Waals surface area contributed by atoms with E-state index in [-0.39, 0.29) is 0 Å². The first-order valence-electron chi connectivity index (χ1n) is 19.7. The Balaban J connectivity index is 1.11. The molecule has 3 aromatic heterocycles. The molecule has 0 radical (unpaired) electrons. The van der Waals surface area contributed by atoms with E-state index in [4.69, 9.17) is 8.83 Å². The highest BCUT2D eigenvalue weighted by Gasteiger charge is 2.26. The lowest BCUT2D eigenvalue weighted by Crippen LogP contribution is -2.12. The van der Waals surface area contributed by atoms with Gasteiger partial charge in [-0.3, -0.25) is 0 Å². The van der Waals surface area contributed by atoms with Crippen LogP contribution in [0.15, 0.2) is 215 Å². The zero-order chi connectivity index (χ0) is 38.2. The van der Waals surface area contributed by atoms with Crippen molar-refractivity contribution >= 4 is 82.7 Å². The van der Waals surface area contributed by atoms with Crippen LogP contribution < -0.4 is 4.90 Å². The second kappa shape index (κ2) is 12.9. The minimum absolute atomic E-state index is 0.848. The molecule has 0 aliphatic carbocycles. The van der Waals surface area contributed by atoms with Gasteiger partial charge in [0.2, 0.25) is 0 Å². The molecule has 58 heavy (non-hydrogen) atoms. The first-order valence-corrected chi connectivity index (χ1v) is 19.7. The van der Waals surface area contributed by atoms with Crippen molar-refractivity contribution in [3.05, 3.63) is 206 Å². The van der Waals surface area contributed by atoms with Crippen LogP contribution in [0.25, 0.3) is 93.6 Å². The van der Waals surface area contributed by atoms with E-state index in [0.717, 1.165) is 88.9 Å². The highest BCUT2D eigenvalue weighted by atomic mass is 16.3. The molecule has 4 nitrogen and oxygen atoms in total. The third-order valence-corrected chi connectivity index (χ3v) is 11.6. The van der Waals surface area contributed by atoms with Gasteiger partial charge in [0.15, 0.2) is 0 Å². The monoisotopic (exact) mass is 742 g/mol. The van der Waals surface area contributed by atoms with Gasteiger partial charge in [0.1, 0.15) is 22.3 Å². The number of para-hydroxylation sites is 7. The highest BCUT2D eigenvalue weighted by molar-refractivity contribution is 6.15. The summed E-state index contributed by atoms with van der Waals surface area (Å²) in [5.74, 6) is 0. The second-order valence-corrected chi connectivity index (χ2v) is 14.8. The minimum atomic E-state index is 0.848. The molecule has 0 fully saturated rings. The Morgan fingerprint density at radius 2 is 0.879 bits per heavy atom. The summed E-state index contributed by atoms with van der Waals surface area (Å²) in [6.07, 6.45) is 0. The topological polar surface area (TPSA) is 34.5 Å². The fraction of sp³-hybridized carbons (Fsp3) is 0. The minimum Gasteiger partial charge on any atom is -0.455 e. The molecule has 3 heterocycles. The molecule has 0 aliphatic heterocycles. The van der Waals surface area contributed by atoms with Gasteiger partial charge in [0.05, 0.1) is 22.4 Å². The smallest absolute Gasteiger partial charge is 0.145 e. The summed E-state index contributed by atoms with van der Waals surface area (Å²) >= 11 is 0. The summed E-state index contributed by atoms with van der Waals surface area (Å²) in [6, 6.07) is 73.1. The lowest BCUT2D eigenvalue weighted by Gasteiger charge is -2.30. The van der Waals surface area contributed by atoms with Crippen molar-refractivity contribution in [2.75, 3.05) is 4.90 Å². The fourth-order valence-corrected chi connectivity index (χ4v) is 9.06. The van der Waals surface area contributed by atoms with E-state index >= 15 is 0 Å². The van der Waals surface area contributed by atoms with Gasteiger partial charge < -0.3 is 18.3 Å². The predicted molar refractivity (Wildman–Crippen MR) is 241 cm³/mol. The van der Waals surface area contributed by atoms with Gasteiger partial charge in [-0.15, -0.1) is 0 Å². The van der Waals surface area contributed by atoms with E-state index in [9.17, 15) is 0 Å². The maximum absolute atomic E-state index is 6.88. The van der Waals surface area contributed by atoms with Crippen LogP contribution in [0.2, 0.25) is 0 Å². The summed E-state index contributed by atoms with van der Waals surface area (Å²) < 4.78 is 15.9. The quantitative estimate of drug-likeness (QED) is 0.170. The zero-order valence-corrected chi connectivity index (χ0v) is 31.3. The van der Waals surface area contributed by atoms with Crippen LogP contribution in [-0.2, 0) is 0 Å². The van der Waals surface area contributed by atoms with Crippen molar-refractivity contribution < 1.29 is 8.83 Å². The molecule has 272 valence electrons. The Bertz CT molecular complexity index is 3460. The number of furan rings is 2. The van der Waals surface area contributed by atoms with Crippen molar-refractivity contribution in [2.45, 2.75) is 0 Å². The Labute approximate surface area is 334 Å². The number of rotatable bonds is 6. The Morgan fingerprint density at radius 1 is 0.345 bits per heavy atom. The molecule has 4 heteroatoms. The Morgan fingerprint density at radius 3 is 1.59 bits per heavy atom. The largest absolute Gasteiger partial charge is 0.455 e. The maximum atomic E-state index is 6.88. The summed E-state index contributed by atoms with van der Waals surface area (Å²) in [4.78, 5) is 2.37. The molecule has 0 unspecified atom stereocenters. The van der Waals surface area contributed by atoms with E-state index in [0.29, 0.717) is 0 Å². The molecule has 12 rings (SSSR count). The Hall–Kier alpha value is -7.82. The first-order chi connectivity index (χ1) is 28.8. The molecule has 12 aromatic rings. The number of hydrogen-bond acceptors (Lipinski definition) is 3. The van der Waals surface area contributed by atoms with Gasteiger partial charge in [-0.05, 0) is 72.3 Å². The summed E-state index contributed by atoms with van der Waals surface area (Å²) in [6.45, 7) is 0. The molecule has 0 aliphatic rings. The summed E-state index contributed by atoms with van der Waals surface area (Å²) in [5, 5.41) is 6.87. The number of nitrogens with zero attached hydrogens (tertiary/aromatic N) is 2. The van der Waals surface area contributed by atoms with Gasteiger partial charge in [-0.25, -0.2) is 0 Å². The number of fused-ring (bicyclic) bond motifs is 9. The van der Waals surface area contributed by atoms with Crippen molar-refractivity contribution in [2.24, 2.45) is 0 Å². The predicted octanol–water partition coefficient (Wildman–Crippen LogP) is 15.4. The molecule has 9 aromatic carbocycles. The summed E-state index contributed by atoms with van der Waals surface area (Å²) in [7, 11) is 0. The normalized spacial score (nSPS) is 11.8. The molecule has 0 saturated heterocycles. The van der Waals surface area contributed by atoms with Gasteiger partial charge >= 0.3 is 0 Å². The van der Waals surface area contributed by atoms with Crippen LogP contribution in [0.5, 0.6) is 0 Å². The fourth-order valence-electron chi connectivity index (χ4n) is 9.06. The van der Waals surface area contributed by atoms with Gasteiger partial charge in [0, 0.05) is 60.4 Å². The molecule has 0 bridgehead atoms. The number of hydrogen-bond donors (Lipinski definition) is 0. The standard InChI is InChI=1S/C54H34N2O2/c1-2-15-36(16-3-1)56(48-26-11-6-19-40(48)43-22-14-23-44-41-20-7-12-27-50(41)57-53(43)44)49-34-33-45-42-21-8-13-28-51(42)58-54(45)52(49)35-29-31-37(32-30-35)55-46-24-9-4-17-38(46)39-18-5-10-25-47(39)55/h1-34H. The third-order valence-electron chi connectivity index (χ3n) is 11.6. The summed E-state index contributed by atoms with van der Waals surface area (Å²) in [5.41, 5.74) is 14.2. The van der Waals surface area contributed by atoms with Crippen LogP contribution >= 0.6 is 0 Å². The highest BCUT2D eigenvalue weighted by Crippen LogP contribution is 2.50. The van der Waals surface area contributed by atoms with Crippen LogP contribution in [0.1, 0.15) is 0 Å². The van der Waals surface area contributed by atoms with E-state index < -0.39 is 0 Å². The third kappa shape index (κ3) is 4.88. The molecule has 0 saturated carbocycles. The van der Waals surface area contributed by atoms with E-state index in [1.807, 2.05) is 18.2 Å². The van der Waals surface area contributed by atoms with E-state index in [1.165, 1.54) is 21.8 Å². The average molecular weight is 743 g/mol. The number of aromatic nitrogens is 1. The maximum Gasteiger partial charge on any atom is 0.145 e. The molecule has 0 amide bonds. The van der Waals surface area contributed by atoms with Crippen molar-refractivity contribution in [3.8, 4) is 27.9 Å². The Kier molecular flexibility index (Phi) is 7.20. The lowest BCUT2D eigenvalue weighted by molar-refractivity contribution is 0.669. The molecule has 0 N–H and O–H groups in total. The van der Waals surface area contributed by atoms with Crippen molar-refractivity contribution in [1.29, 1.82) is 0 Å². The SMILES string of the molecule is c1ccc(N(c2ccccc2-c2cccc3c2oc2ccccc23)c2ccc3c(oc4ccccc43)c2-c2ccc(-n3c4ccccc4c4ccccc43)cc2)cc1. The van der Waals surface area contributed by atoms with E-state index in [2.05, 4.69) is 198 Å². The van der Waals surface area contributed by atoms with Crippen molar-refractivity contribution in [3.63, 3.8) is 0 Å². The molecule has 0 atom stereocenters. The van der Waals surface area contributed by atoms with Crippen LogP contribution in [0.3, 0.4) is 0 Å². The second-order valence-electron chi connectivity index (χ2n) is 14.8. The van der Waals surface area contributed by atoms with Crippen LogP contribution in [-0.4, -0.2) is 4.57 Å². The zero-order valence-electron chi connectivity index (χ0n) is 31.3. The molecule has 0 spiro atoms. The average Bonchev–Trinajstić information content (AvgIpc) is 3.97.